The van der Waals surface area contributed by atoms with Gasteiger partial charge in [-0.05, 0) is 29.9 Å². The molecule has 1 unspecified atom stereocenters. The van der Waals surface area contributed by atoms with Crippen molar-refractivity contribution in [1.29, 1.82) is 0 Å². The molecule has 2 amide bonds. The van der Waals surface area contributed by atoms with Crippen molar-refractivity contribution in [2.75, 3.05) is 0 Å². The summed E-state index contributed by atoms with van der Waals surface area (Å²) in [5.74, 6) is -0.375. The van der Waals surface area contributed by atoms with Crippen LogP contribution >= 0.6 is 0 Å². The quantitative estimate of drug-likeness (QED) is 0.851. The van der Waals surface area contributed by atoms with E-state index < -0.39 is 0 Å². The number of aryl methyl sites for hydroxylation is 1. The van der Waals surface area contributed by atoms with E-state index >= 15 is 0 Å². The smallest absolute Gasteiger partial charge is 0.254 e. The zero-order chi connectivity index (χ0) is 15.4. The Labute approximate surface area is 122 Å². The van der Waals surface area contributed by atoms with Gasteiger partial charge in [0.1, 0.15) is 0 Å². The maximum absolute atomic E-state index is 12.4. The van der Waals surface area contributed by atoms with Crippen molar-refractivity contribution in [1.82, 2.24) is 9.88 Å². The molecule has 2 rings (SSSR count). The van der Waals surface area contributed by atoms with Crippen LogP contribution in [0.15, 0.2) is 35.1 Å². The van der Waals surface area contributed by atoms with Crippen LogP contribution in [0.3, 0.4) is 0 Å². The highest BCUT2D eigenvalue weighted by atomic mass is 16.2. The van der Waals surface area contributed by atoms with Crippen molar-refractivity contribution >= 4 is 23.2 Å². The molecule has 110 valence electrons. The van der Waals surface area contributed by atoms with E-state index in [1.54, 1.807) is 11.6 Å². The number of rotatable bonds is 5. The molecule has 1 aromatic heterocycles. The van der Waals surface area contributed by atoms with E-state index in [-0.39, 0.29) is 23.8 Å². The van der Waals surface area contributed by atoms with Gasteiger partial charge in [-0.1, -0.05) is 25.1 Å². The van der Waals surface area contributed by atoms with Crippen LogP contribution in [0.25, 0.3) is 10.9 Å². The van der Waals surface area contributed by atoms with Crippen LogP contribution in [-0.2, 0) is 16.6 Å². The number of pyridine rings is 1. The standard InChI is InChI=1S/C16H18N2O3/c1-11(7-8-15(20)17-10-19)13-9-12-5-3-4-6-14(12)18(2)16(13)21/h3-6,9-11H,7-8H2,1-2H3,(H,17,19,20). The van der Waals surface area contributed by atoms with E-state index in [4.69, 9.17) is 0 Å². The number of nitrogens with zero attached hydrogens (tertiary/aromatic N) is 1. The first-order chi connectivity index (χ1) is 10.0. The number of carbonyl (C=O) groups excluding carboxylic acids is 2. The third-order valence-electron chi connectivity index (χ3n) is 3.72. The maximum Gasteiger partial charge on any atom is 0.254 e. The Balaban J connectivity index is 2.29. The molecule has 1 atom stereocenters. The molecule has 1 heterocycles. The molecule has 0 saturated carbocycles. The van der Waals surface area contributed by atoms with Gasteiger partial charge in [0.15, 0.2) is 0 Å². The van der Waals surface area contributed by atoms with Gasteiger partial charge < -0.3 is 4.57 Å². The fraction of sp³-hybridized carbons (Fsp3) is 0.312. The normalized spacial score (nSPS) is 12.1. The molecule has 1 N–H and O–H groups in total. The number of hydrogen-bond donors (Lipinski definition) is 1. The van der Waals surface area contributed by atoms with E-state index in [0.717, 1.165) is 10.9 Å². The Morgan fingerprint density at radius 2 is 2.10 bits per heavy atom. The topological polar surface area (TPSA) is 68.2 Å². The second-order valence-corrected chi connectivity index (χ2v) is 5.15. The molecule has 21 heavy (non-hydrogen) atoms. The number of fused-ring (bicyclic) bond motifs is 1. The molecule has 0 bridgehead atoms. The molecule has 0 saturated heterocycles. The minimum absolute atomic E-state index is 0.0444. The van der Waals surface area contributed by atoms with Gasteiger partial charge in [0.05, 0.1) is 5.52 Å². The van der Waals surface area contributed by atoms with Gasteiger partial charge in [-0.3, -0.25) is 19.7 Å². The molecule has 0 fully saturated rings. The lowest BCUT2D eigenvalue weighted by Crippen LogP contribution is -2.24. The monoisotopic (exact) mass is 286 g/mol. The third-order valence-corrected chi connectivity index (χ3v) is 3.72. The summed E-state index contributed by atoms with van der Waals surface area (Å²) >= 11 is 0. The highest BCUT2D eigenvalue weighted by Crippen LogP contribution is 2.21. The van der Waals surface area contributed by atoms with Crippen LogP contribution in [0, 0.1) is 0 Å². The lowest BCUT2D eigenvalue weighted by molar-refractivity contribution is -0.125. The van der Waals surface area contributed by atoms with Gasteiger partial charge in [0, 0.05) is 19.0 Å². The molecule has 1 aromatic carbocycles. The summed E-state index contributed by atoms with van der Waals surface area (Å²) in [6.07, 6.45) is 1.12. The summed E-state index contributed by atoms with van der Waals surface area (Å²) in [5, 5.41) is 3.10. The summed E-state index contributed by atoms with van der Waals surface area (Å²) in [5.41, 5.74) is 1.53. The summed E-state index contributed by atoms with van der Waals surface area (Å²) in [4.78, 5) is 33.9. The number of nitrogens with one attached hydrogen (secondary N) is 1. The summed E-state index contributed by atoms with van der Waals surface area (Å²) in [6.45, 7) is 1.92. The molecule has 0 aliphatic heterocycles. The molecule has 0 aliphatic rings. The predicted octanol–water partition coefficient (Wildman–Crippen LogP) is 1.69. The van der Waals surface area contributed by atoms with Crippen LogP contribution in [-0.4, -0.2) is 16.9 Å². The molecular formula is C16H18N2O3. The third kappa shape index (κ3) is 3.18. The first kappa shape index (κ1) is 15.0. The zero-order valence-corrected chi connectivity index (χ0v) is 12.1. The minimum Gasteiger partial charge on any atom is -0.311 e. The minimum atomic E-state index is -0.325. The number of hydrogen-bond acceptors (Lipinski definition) is 3. The Morgan fingerprint density at radius 3 is 2.81 bits per heavy atom. The van der Waals surface area contributed by atoms with Gasteiger partial charge in [-0.15, -0.1) is 0 Å². The first-order valence-electron chi connectivity index (χ1n) is 6.86. The second-order valence-electron chi connectivity index (χ2n) is 5.15. The molecule has 0 spiro atoms. The van der Waals surface area contributed by atoms with Crippen molar-refractivity contribution in [2.45, 2.75) is 25.7 Å². The van der Waals surface area contributed by atoms with E-state index in [1.807, 2.05) is 37.3 Å². The number of aromatic nitrogens is 1. The van der Waals surface area contributed by atoms with Gasteiger partial charge in [0.2, 0.25) is 12.3 Å². The number of carbonyl (C=O) groups is 2. The van der Waals surface area contributed by atoms with E-state index in [0.29, 0.717) is 18.4 Å². The van der Waals surface area contributed by atoms with Gasteiger partial charge in [-0.2, -0.15) is 0 Å². The van der Waals surface area contributed by atoms with E-state index in [1.165, 1.54) is 0 Å². The molecule has 5 heteroatoms. The Morgan fingerprint density at radius 1 is 1.38 bits per heavy atom. The van der Waals surface area contributed by atoms with Crippen LogP contribution < -0.4 is 10.9 Å². The van der Waals surface area contributed by atoms with Crippen LogP contribution in [0.5, 0.6) is 0 Å². The largest absolute Gasteiger partial charge is 0.311 e. The fourth-order valence-corrected chi connectivity index (χ4v) is 2.44. The van der Waals surface area contributed by atoms with Crippen molar-refractivity contribution in [3.8, 4) is 0 Å². The lowest BCUT2D eigenvalue weighted by atomic mass is 9.96. The second kappa shape index (κ2) is 6.35. The Bertz CT molecular complexity index is 734. The number of imide groups is 1. The Kier molecular flexibility index (Phi) is 4.52. The summed E-state index contributed by atoms with van der Waals surface area (Å²) < 4.78 is 1.63. The van der Waals surface area contributed by atoms with Crippen molar-refractivity contribution in [3.63, 3.8) is 0 Å². The highest BCUT2D eigenvalue weighted by molar-refractivity contribution is 5.85. The summed E-state index contributed by atoms with van der Waals surface area (Å²) in [6, 6.07) is 9.58. The maximum atomic E-state index is 12.4. The van der Waals surface area contributed by atoms with Gasteiger partial charge >= 0.3 is 0 Å². The predicted molar refractivity (Wildman–Crippen MR) is 81.0 cm³/mol. The molecule has 0 radical (unpaired) electrons. The van der Waals surface area contributed by atoms with Crippen molar-refractivity contribution in [2.24, 2.45) is 7.05 Å². The fourth-order valence-electron chi connectivity index (χ4n) is 2.44. The van der Waals surface area contributed by atoms with Gasteiger partial charge in [-0.25, -0.2) is 0 Å². The van der Waals surface area contributed by atoms with E-state index in [9.17, 15) is 14.4 Å². The van der Waals surface area contributed by atoms with E-state index in [2.05, 4.69) is 5.32 Å². The Hall–Kier alpha value is -2.43. The van der Waals surface area contributed by atoms with Crippen LogP contribution in [0.1, 0.15) is 31.2 Å². The van der Waals surface area contributed by atoms with Crippen LogP contribution in [0.4, 0.5) is 0 Å². The van der Waals surface area contributed by atoms with Crippen molar-refractivity contribution < 1.29 is 9.59 Å². The highest BCUT2D eigenvalue weighted by Gasteiger charge is 2.14. The molecule has 2 aromatic rings. The summed E-state index contributed by atoms with van der Waals surface area (Å²) in [7, 11) is 1.75. The van der Waals surface area contributed by atoms with Crippen molar-refractivity contribution in [3.05, 3.63) is 46.2 Å². The number of amides is 2. The van der Waals surface area contributed by atoms with Gasteiger partial charge in [0.25, 0.3) is 5.56 Å². The number of benzene rings is 1. The lowest BCUT2D eigenvalue weighted by Gasteiger charge is -2.14. The number of para-hydroxylation sites is 1. The average molecular weight is 286 g/mol. The zero-order valence-electron chi connectivity index (χ0n) is 12.1. The molecule has 5 nitrogen and oxygen atoms in total. The SMILES string of the molecule is CC(CCC(=O)NC=O)c1cc2ccccc2n(C)c1=O. The molecule has 0 aliphatic carbocycles. The molecular weight excluding hydrogens is 268 g/mol. The first-order valence-corrected chi connectivity index (χ1v) is 6.86. The average Bonchev–Trinajstić information content (AvgIpc) is 2.49. The van der Waals surface area contributed by atoms with Crippen LogP contribution in [0.2, 0.25) is 0 Å².